The number of hydrogen-bond acceptors (Lipinski definition) is 4. The van der Waals surface area contributed by atoms with Gasteiger partial charge in [-0.25, -0.2) is 0 Å². The topological polar surface area (TPSA) is 54.4 Å². The van der Waals surface area contributed by atoms with Crippen LogP contribution in [0.3, 0.4) is 0 Å². The van der Waals surface area contributed by atoms with Crippen LogP contribution < -0.4 is 10.1 Å². The van der Waals surface area contributed by atoms with Crippen molar-refractivity contribution in [2.75, 3.05) is 7.11 Å². The summed E-state index contributed by atoms with van der Waals surface area (Å²) >= 11 is 0. The first kappa shape index (κ1) is 13.4. The molecule has 2 rings (SSSR count). The van der Waals surface area contributed by atoms with Crippen molar-refractivity contribution in [2.24, 2.45) is 0 Å². The van der Waals surface area contributed by atoms with Crippen LogP contribution in [0.5, 0.6) is 11.5 Å². The van der Waals surface area contributed by atoms with Gasteiger partial charge in [-0.2, -0.15) is 0 Å². The first-order chi connectivity index (χ1) is 9.20. The lowest BCUT2D eigenvalue weighted by Gasteiger charge is -2.14. The van der Waals surface area contributed by atoms with E-state index in [9.17, 15) is 5.11 Å². The van der Waals surface area contributed by atoms with Crippen LogP contribution in [-0.2, 0) is 6.54 Å². The molecule has 19 heavy (non-hydrogen) atoms. The molecule has 4 heteroatoms. The van der Waals surface area contributed by atoms with Crippen LogP contribution in [0.1, 0.15) is 24.1 Å². The number of nitrogens with one attached hydrogen (secondary N) is 1. The van der Waals surface area contributed by atoms with Gasteiger partial charge in [0, 0.05) is 36.6 Å². The van der Waals surface area contributed by atoms with Gasteiger partial charge in [0.25, 0.3) is 0 Å². The van der Waals surface area contributed by atoms with E-state index in [2.05, 4.69) is 17.2 Å². The Kier molecular flexibility index (Phi) is 4.36. The largest absolute Gasteiger partial charge is 0.507 e. The fourth-order valence-corrected chi connectivity index (χ4v) is 1.83. The molecule has 1 heterocycles. The second kappa shape index (κ2) is 6.20. The quantitative estimate of drug-likeness (QED) is 0.865. The molecule has 4 nitrogen and oxygen atoms in total. The van der Waals surface area contributed by atoms with Crippen LogP contribution in [0.25, 0.3) is 0 Å². The summed E-state index contributed by atoms with van der Waals surface area (Å²) in [5.41, 5.74) is 1.96. The maximum Gasteiger partial charge on any atom is 0.123 e. The molecule has 0 aliphatic rings. The number of ether oxygens (including phenoxy) is 1. The Hall–Kier alpha value is -2.07. The van der Waals surface area contributed by atoms with Gasteiger partial charge in [-0.3, -0.25) is 4.98 Å². The summed E-state index contributed by atoms with van der Waals surface area (Å²) < 4.78 is 5.06. The van der Waals surface area contributed by atoms with Gasteiger partial charge in [0.05, 0.1) is 7.11 Å². The third-order valence-corrected chi connectivity index (χ3v) is 3.08. The van der Waals surface area contributed by atoms with Crippen LogP contribution in [0.4, 0.5) is 0 Å². The predicted octanol–water partition coefficient (Wildman–Crippen LogP) is 2.65. The predicted molar refractivity (Wildman–Crippen MR) is 74.2 cm³/mol. The van der Waals surface area contributed by atoms with Gasteiger partial charge in [-0.15, -0.1) is 0 Å². The summed E-state index contributed by atoms with van der Waals surface area (Å²) in [6.45, 7) is 2.66. The molecule has 1 aromatic carbocycles. The summed E-state index contributed by atoms with van der Waals surface area (Å²) in [6.07, 6.45) is 3.59. The maximum absolute atomic E-state index is 9.87. The minimum Gasteiger partial charge on any atom is -0.507 e. The number of benzene rings is 1. The van der Waals surface area contributed by atoms with Crippen LogP contribution >= 0.6 is 0 Å². The highest BCUT2D eigenvalue weighted by molar-refractivity contribution is 5.39. The number of rotatable bonds is 5. The molecule has 0 aliphatic carbocycles. The number of phenolic OH excluding ortho intramolecular Hbond substituents is 1. The molecule has 0 radical (unpaired) electrons. The summed E-state index contributed by atoms with van der Waals surface area (Å²) in [6, 6.07) is 9.43. The summed E-state index contributed by atoms with van der Waals surface area (Å²) in [5.74, 6) is 0.895. The Morgan fingerprint density at radius 1 is 1.37 bits per heavy atom. The molecule has 0 bridgehead atoms. The fourth-order valence-electron chi connectivity index (χ4n) is 1.83. The molecule has 1 atom stereocenters. The molecular formula is C15H18N2O2. The molecule has 0 aliphatic heterocycles. The molecule has 0 spiro atoms. The van der Waals surface area contributed by atoms with Gasteiger partial charge in [0.2, 0.25) is 0 Å². The monoisotopic (exact) mass is 258 g/mol. The molecule has 2 N–H and O–H groups in total. The third-order valence-electron chi connectivity index (χ3n) is 3.08. The number of hydrogen-bond donors (Lipinski definition) is 2. The van der Waals surface area contributed by atoms with Crippen LogP contribution in [0.15, 0.2) is 42.7 Å². The molecule has 0 saturated heterocycles. The molecule has 2 aromatic rings. The molecule has 0 saturated carbocycles. The number of aromatic hydroxyl groups is 1. The Morgan fingerprint density at radius 2 is 2.21 bits per heavy atom. The lowest BCUT2D eigenvalue weighted by molar-refractivity contribution is 0.405. The van der Waals surface area contributed by atoms with Gasteiger partial charge in [-0.1, -0.05) is 12.1 Å². The van der Waals surface area contributed by atoms with Crippen LogP contribution in [0.2, 0.25) is 0 Å². The van der Waals surface area contributed by atoms with Crippen molar-refractivity contribution in [1.29, 1.82) is 0 Å². The van der Waals surface area contributed by atoms with Crippen molar-refractivity contribution < 1.29 is 9.84 Å². The number of aromatic nitrogens is 1. The van der Waals surface area contributed by atoms with E-state index in [1.165, 1.54) is 0 Å². The highest BCUT2D eigenvalue weighted by Gasteiger charge is 2.07. The van der Waals surface area contributed by atoms with E-state index >= 15 is 0 Å². The number of nitrogens with zero attached hydrogens (tertiary/aromatic N) is 1. The van der Waals surface area contributed by atoms with Gasteiger partial charge in [0.15, 0.2) is 0 Å². The van der Waals surface area contributed by atoms with Crippen molar-refractivity contribution in [1.82, 2.24) is 10.3 Å². The molecular weight excluding hydrogens is 240 g/mol. The highest BCUT2D eigenvalue weighted by Crippen LogP contribution is 2.23. The molecule has 0 fully saturated rings. The molecule has 0 amide bonds. The summed E-state index contributed by atoms with van der Waals surface area (Å²) in [5, 5.41) is 13.2. The second-order valence-electron chi connectivity index (χ2n) is 4.38. The van der Waals surface area contributed by atoms with Gasteiger partial charge >= 0.3 is 0 Å². The maximum atomic E-state index is 9.87. The number of phenols is 1. The van der Waals surface area contributed by atoms with Crippen molar-refractivity contribution >= 4 is 0 Å². The summed E-state index contributed by atoms with van der Waals surface area (Å²) in [4.78, 5) is 4.10. The first-order valence-electron chi connectivity index (χ1n) is 6.20. The summed E-state index contributed by atoms with van der Waals surface area (Å²) in [7, 11) is 1.58. The Morgan fingerprint density at radius 3 is 2.84 bits per heavy atom. The van der Waals surface area contributed by atoms with E-state index in [1.807, 2.05) is 30.5 Å². The molecule has 1 unspecified atom stereocenters. The first-order valence-corrected chi connectivity index (χ1v) is 6.20. The van der Waals surface area contributed by atoms with Crippen molar-refractivity contribution in [3.05, 3.63) is 53.9 Å². The van der Waals surface area contributed by atoms with E-state index < -0.39 is 0 Å². The van der Waals surface area contributed by atoms with Crippen LogP contribution in [0, 0.1) is 0 Å². The Labute approximate surface area is 113 Å². The lowest BCUT2D eigenvalue weighted by Crippen LogP contribution is -2.18. The van der Waals surface area contributed by atoms with Crippen LogP contribution in [-0.4, -0.2) is 17.2 Å². The van der Waals surface area contributed by atoms with E-state index in [1.54, 1.807) is 19.4 Å². The smallest absolute Gasteiger partial charge is 0.123 e. The molecule has 100 valence electrons. The van der Waals surface area contributed by atoms with Gasteiger partial charge in [-0.05, 0) is 24.6 Å². The Balaban J connectivity index is 1.99. The lowest BCUT2D eigenvalue weighted by atomic mass is 10.1. The van der Waals surface area contributed by atoms with E-state index in [-0.39, 0.29) is 11.8 Å². The SMILES string of the molecule is COc1ccc(CNC(C)c2cccnc2)c(O)c1. The minimum atomic E-state index is 0.176. The normalized spacial score (nSPS) is 12.1. The van der Waals surface area contributed by atoms with Crippen molar-refractivity contribution in [3.8, 4) is 11.5 Å². The van der Waals surface area contributed by atoms with E-state index in [0.29, 0.717) is 12.3 Å². The molecule has 1 aromatic heterocycles. The van der Waals surface area contributed by atoms with Crippen molar-refractivity contribution in [3.63, 3.8) is 0 Å². The number of pyridine rings is 1. The zero-order chi connectivity index (χ0) is 13.7. The highest BCUT2D eigenvalue weighted by atomic mass is 16.5. The zero-order valence-electron chi connectivity index (χ0n) is 11.1. The van der Waals surface area contributed by atoms with Crippen molar-refractivity contribution in [2.45, 2.75) is 19.5 Å². The average molecular weight is 258 g/mol. The fraction of sp³-hybridized carbons (Fsp3) is 0.267. The average Bonchev–Trinajstić information content (AvgIpc) is 2.46. The minimum absolute atomic E-state index is 0.176. The van der Waals surface area contributed by atoms with Gasteiger partial charge in [0.1, 0.15) is 11.5 Å². The van der Waals surface area contributed by atoms with E-state index in [4.69, 9.17) is 4.74 Å². The second-order valence-corrected chi connectivity index (χ2v) is 4.38. The van der Waals surface area contributed by atoms with Gasteiger partial charge < -0.3 is 15.2 Å². The zero-order valence-corrected chi connectivity index (χ0v) is 11.1. The Bertz CT molecular complexity index is 529. The number of methoxy groups -OCH3 is 1. The van der Waals surface area contributed by atoms with E-state index in [0.717, 1.165) is 11.1 Å². The standard InChI is InChI=1S/C15H18N2O2/c1-11(12-4-3-7-16-9-12)17-10-13-5-6-14(19-2)8-15(13)18/h3-9,11,17-18H,10H2,1-2H3. The third kappa shape index (κ3) is 3.45.